The van der Waals surface area contributed by atoms with Gasteiger partial charge in [-0.2, -0.15) is 12.6 Å². The lowest BCUT2D eigenvalue weighted by atomic mass is 10.1. The first-order valence-corrected chi connectivity index (χ1v) is 18.7. The molecule has 0 radical (unpaired) electrons. The lowest BCUT2D eigenvalue weighted by Crippen LogP contribution is -2.50. The van der Waals surface area contributed by atoms with Gasteiger partial charge in [-0.25, -0.2) is 9.59 Å². The highest BCUT2D eigenvalue weighted by Crippen LogP contribution is 2.26. The Kier molecular flexibility index (Phi) is 14.6. The summed E-state index contributed by atoms with van der Waals surface area (Å²) in [6.07, 6.45) is -1.65. The normalized spacial score (nSPS) is 17.4. The quantitative estimate of drug-likeness (QED) is 0.0733. The molecule has 2 N–H and O–H groups in total. The fourth-order valence-corrected chi connectivity index (χ4v) is 6.74. The van der Waals surface area contributed by atoms with Crippen molar-refractivity contribution in [2.45, 2.75) is 49.8 Å². The highest BCUT2D eigenvalue weighted by molar-refractivity contribution is 7.81. The number of nitrogens with one attached hydrogen (secondary N) is 2. The van der Waals surface area contributed by atoms with Crippen LogP contribution in [0.4, 0.5) is 26.7 Å². The minimum absolute atomic E-state index is 0.0658. The van der Waals surface area contributed by atoms with Gasteiger partial charge in [-0.3, -0.25) is 50.0 Å². The van der Waals surface area contributed by atoms with Gasteiger partial charge < -0.3 is 29.5 Å². The van der Waals surface area contributed by atoms with Crippen molar-refractivity contribution >= 4 is 65.6 Å². The molecular formula is C37H39N9O13S. The van der Waals surface area contributed by atoms with Gasteiger partial charge in [0.15, 0.2) is 0 Å². The average molecular weight is 850 g/mol. The lowest BCUT2D eigenvalue weighted by Gasteiger charge is -2.28. The number of rotatable bonds is 13. The Balaban J connectivity index is 1.17. The second kappa shape index (κ2) is 20.0. The van der Waals surface area contributed by atoms with Crippen molar-refractivity contribution in [2.24, 2.45) is 4.99 Å². The molecule has 22 nitrogen and oxygen atoms in total. The molecule has 0 spiro atoms. The Bertz CT molecular complexity index is 2150. The monoisotopic (exact) mass is 849 g/mol. The molecule has 0 bridgehead atoms. The van der Waals surface area contributed by atoms with Crippen LogP contribution in [-0.2, 0) is 43.5 Å². The van der Waals surface area contributed by atoms with Crippen LogP contribution in [0.25, 0.3) is 0 Å². The van der Waals surface area contributed by atoms with E-state index in [1.165, 1.54) is 84.7 Å². The second-order valence-electron chi connectivity index (χ2n) is 13.8. The summed E-state index contributed by atoms with van der Waals surface area (Å²) < 4.78 is 10.3. The number of hydrogen-bond acceptors (Lipinski definition) is 14. The van der Waals surface area contributed by atoms with E-state index in [1.807, 2.05) is 0 Å². The van der Waals surface area contributed by atoms with Gasteiger partial charge >= 0.3 is 12.2 Å². The van der Waals surface area contributed by atoms with E-state index in [2.05, 4.69) is 28.3 Å². The summed E-state index contributed by atoms with van der Waals surface area (Å²) in [5.41, 5.74) is 0.914. The summed E-state index contributed by atoms with van der Waals surface area (Å²) >= 11 is 4.52. The van der Waals surface area contributed by atoms with Crippen LogP contribution < -0.4 is 10.6 Å². The van der Waals surface area contributed by atoms with Crippen molar-refractivity contribution in [1.82, 2.24) is 25.3 Å². The van der Waals surface area contributed by atoms with E-state index in [9.17, 15) is 54.3 Å². The van der Waals surface area contributed by atoms with Crippen LogP contribution in [0, 0.1) is 30.3 Å². The van der Waals surface area contributed by atoms with Crippen molar-refractivity contribution in [3.05, 3.63) is 120 Å². The molecule has 0 aromatic heterocycles. The Labute approximate surface area is 346 Å². The van der Waals surface area contributed by atoms with E-state index in [-0.39, 0.29) is 73.4 Å². The van der Waals surface area contributed by atoms with Crippen LogP contribution in [0.2, 0.25) is 0 Å². The Morgan fingerprint density at radius 1 is 0.800 bits per heavy atom. The number of nitrogens with zero attached hydrogens (tertiary/aromatic N) is 7. The topological polar surface area (TPSA) is 279 Å². The Hall–Kier alpha value is -7.17. The molecule has 3 atom stereocenters. The zero-order valence-electron chi connectivity index (χ0n) is 31.9. The SMILES string of the molecule is CN(CC(=O)N[C@H]1CCN(C(=O)[C@@H]2C[C@H](S)CN2C(=O)Cc2ccc([N+](=O)[O-])cc2)C1)/C(=N/C(=O)OCc1ccc([N+](=O)[O-])cc1)NC(=O)OCc1ccc([N+](=O)[O-])cc1. The predicted octanol–water partition coefficient (Wildman–Crippen LogP) is 3.12. The molecule has 0 aliphatic carbocycles. The molecule has 2 fully saturated rings. The number of hydrogen-bond donors (Lipinski definition) is 3. The van der Waals surface area contributed by atoms with E-state index in [0.717, 1.165) is 4.90 Å². The summed E-state index contributed by atoms with van der Waals surface area (Å²) in [4.78, 5) is 105. The molecule has 3 aromatic carbocycles. The van der Waals surface area contributed by atoms with E-state index in [4.69, 9.17) is 9.47 Å². The number of carbonyl (C=O) groups is 5. The first-order valence-electron chi connectivity index (χ1n) is 18.2. The molecule has 0 unspecified atom stereocenters. The number of carbonyl (C=O) groups excluding carboxylic acids is 5. The van der Waals surface area contributed by atoms with Crippen LogP contribution in [-0.4, -0.2) is 116 Å². The molecule has 3 aromatic rings. The van der Waals surface area contributed by atoms with Crippen molar-refractivity contribution in [1.29, 1.82) is 0 Å². The fraction of sp³-hybridized carbons (Fsp3) is 0.351. The molecule has 316 valence electrons. The summed E-state index contributed by atoms with van der Waals surface area (Å²) in [6.45, 7) is -0.442. The van der Waals surface area contributed by atoms with Gasteiger partial charge in [0.1, 0.15) is 19.3 Å². The van der Waals surface area contributed by atoms with Crippen LogP contribution in [0.3, 0.4) is 0 Å². The summed E-state index contributed by atoms with van der Waals surface area (Å²) in [6, 6.07) is 14.7. The molecule has 60 heavy (non-hydrogen) atoms. The number of nitro benzene ring substituents is 3. The summed E-state index contributed by atoms with van der Waals surface area (Å²) in [5.74, 6) is -1.66. The van der Waals surface area contributed by atoms with E-state index >= 15 is 0 Å². The van der Waals surface area contributed by atoms with Crippen molar-refractivity contribution < 1.29 is 48.2 Å². The van der Waals surface area contributed by atoms with Gasteiger partial charge in [0.2, 0.25) is 23.7 Å². The lowest BCUT2D eigenvalue weighted by molar-refractivity contribution is -0.385. The third-order valence-corrected chi connectivity index (χ3v) is 9.81. The number of benzene rings is 3. The molecule has 2 saturated heterocycles. The van der Waals surface area contributed by atoms with Crippen molar-refractivity contribution in [2.75, 3.05) is 33.2 Å². The molecule has 2 heterocycles. The van der Waals surface area contributed by atoms with Gasteiger partial charge in [0.25, 0.3) is 17.1 Å². The molecule has 0 saturated carbocycles. The summed E-state index contributed by atoms with van der Waals surface area (Å²) in [7, 11) is 1.35. The minimum Gasteiger partial charge on any atom is -0.444 e. The Morgan fingerprint density at radius 3 is 1.85 bits per heavy atom. The average Bonchev–Trinajstić information content (AvgIpc) is 3.85. The number of guanidine groups is 1. The van der Waals surface area contributed by atoms with Gasteiger partial charge in [0.05, 0.1) is 27.7 Å². The van der Waals surface area contributed by atoms with Crippen LogP contribution in [0.15, 0.2) is 77.8 Å². The zero-order valence-corrected chi connectivity index (χ0v) is 32.8. The van der Waals surface area contributed by atoms with Gasteiger partial charge in [0, 0.05) is 74.4 Å². The summed E-state index contributed by atoms with van der Waals surface area (Å²) in [5, 5.41) is 37.8. The number of nitro groups is 3. The second-order valence-corrected chi connectivity index (χ2v) is 14.5. The largest absolute Gasteiger partial charge is 0.444 e. The first kappa shape index (κ1) is 43.9. The molecule has 23 heteroatoms. The van der Waals surface area contributed by atoms with E-state index < -0.39 is 57.5 Å². The molecule has 5 rings (SSSR count). The third kappa shape index (κ3) is 12.2. The number of aliphatic imine (C=N–C) groups is 1. The molecule has 5 amide bonds. The number of thiol groups is 1. The van der Waals surface area contributed by atoms with Gasteiger partial charge in [-0.05, 0) is 53.8 Å². The first-order chi connectivity index (χ1) is 28.6. The number of ether oxygens (including phenoxy) is 2. The number of amides is 5. The minimum atomic E-state index is -1.19. The maximum atomic E-state index is 13.7. The molecular weight excluding hydrogens is 811 g/mol. The highest BCUT2D eigenvalue weighted by atomic mass is 32.1. The zero-order chi connectivity index (χ0) is 43.5. The van der Waals surface area contributed by atoms with E-state index in [1.54, 1.807) is 4.90 Å². The predicted molar refractivity (Wildman–Crippen MR) is 213 cm³/mol. The smallest absolute Gasteiger partial charge is 0.437 e. The van der Waals surface area contributed by atoms with Crippen LogP contribution in [0.5, 0.6) is 0 Å². The van der Waals surface area contributed by atoms with Crippen LogP contribution in [0.1, 0.15) is 29.5 Å². The number of alkyl carbamates (subject to hydrolysis) is 1. The molecule has 2 aliphatic heterocycles. The third-order valence-electron chi connectivity index (χ3n) is 9.43. The maximum Gasteiger partial charge on any atom is 0.437 e. The van der Waals surface area contributed by atoms with Gasteiger partial charge in [-0.15, -0.1) is 4.99 Å². The Morgan fingerprint density at radius 2 is 1.32 bits per heavy atom. The van der Waals surface area contributed by atoms with Gasteiger partial charge in [-0.1, -0.05) is 12.1 Å². The number of likely N-dealkylation sites (N-methyl/N-ethyl adjacent to an activating group) is 1. The molecule has 2 aliphatic rings. The fourth-order valence-electron chi connectivity index (χ4n) is 6.36. The standard InChI is InChI=1S/C37H39N9O13S/c1-41(35(39-36(50)58-21-24-4-10-28(11-5-24)45(54)55)40-37(51)59-22-25-6-12-29(13-7-25)46(56)57)20-32(47)38-26-14-15-42(18-26)34(49)31-17-30(60)19-43(31)33(48)16-23-2-8-27(9-3-23)44(52)53/h2-13,26,30-31,60H,14-22H2,1H3,(H,38,47)(H,39,40,50,51)/t26-,30-,31-/m0/s1. The number of likely N-dealkylation sites (tertiary alicyclic amines) is 2. The highest BCUT2D eigenvalue weighted by Gasteiger charge is 2.42. The van der Waals surface area contributed by atoms with E-state index in [0.29, 0.717) is 29.5 Å². The number of non-ortho nitro benzene ring substituents is 3. The maximum absolute atomic E-state index is 13.7. The van der Waals surface area contributed by atoms with Crippen molar-refractivity contribution in [3.8, 4) is 0 Å². The van der Waals surface area contributed by atoms with Crippen LogP contribution >= 0.6 is 12.6 Å². The van der Waals surface area contributed by atoms with Crippen molar-refractivity contribution in [3.63, 3.8) is 0 Å².